The molecule has 0 aliphatic rings. The maximum atomic E-state index is 8.82. The molecule has 0 bridgehead atoms. The normalized spacial score (nSPS) is 12.6. The topological polar surface area (TPSA) is 74.4 Å². The molecule has 0 radical (unpaired) electrons. The van der Waals surface area contributed by atoms with E-state index in [0.717, 1.165) is 5.75 Å². The Balaban J connectivity index is 2.96. The van der Waals surface area contributed by atoms with Crippen molar-refractivity contribution in [3.63, 3.8) is 0 Å². The Morgan fingerprint density at radius 3 is 2.25 bits per heavy atom. The highest BCUT2D eigenvalue weighted by Crippen LogP contribution is 2.13. The summed E-state index contributed by atoms with van der Waals surface area (Å²) in [6.07, 6.45) is 0. The number of ether oxygens (including phenoxy) is 1. The van der Waals surface area contributed by atoms with Crippen molar-refractivity contribution in [2.24, 2.45) is 10.3 Å². The quantitative estimate of drug-likeness (QED) is 0.465. The van der Waals surface area contributed by atoms with Crippen LogP contribution in [0.15, 0.2) is 34.6 Å². The number of nitrogens with zero attached hydrogens (tertiary/aromatic N) is 2. The van der Waals surface area contributed by atoms with Gasteiger partial charge in [-0.1, -0.05) is 10.3 Å². The van der Waals surface area contributed by atoms with Crippen LogP contribution in [0.2, 0.25) is 0 Å². The van der Waals surface area contributed by atoms with E-state index in [1.54, 1.807) is 31.2 Å². The zero-order valence-electron chi connectivity index (χ0n) is 9.21. The average molecular weight is 222 g/mol. The van der Waals surface area contributed by atoms with Crippen LogP contribution in [-0.2, 0) is 0 Å². The zero-order chi connectivity index (χ0) is 12.0. The Kier molecular flexibility index (Phi) is 4.32. The summed E-state index contributed by atoms with van der Waals surface area (Å²) >= 11 is 0. The first-order chi connectivity index (χ1) is 7.72. The van der Waals surface area contributed by atoms with Crippen molar-refractivity contribution in [1.82, 2.24) is 0 Å². The van der Waals surface area contributed by atoms with Gasteiger partial charge in [-0.25, -0.2) is 0 Å². The second kappa shape index (κ2) is 5.75. The molecule has 0 aliphatic heterocycles. The fourth-order valence-corrected chi connectivity index (χ4v) is 1.26. The number of rotatable bonds is 4. The maximum absolute atomic E-state index is 8.82. The Hall–Kier alpha value is -2.04. The summed E-state index contributed by atoms with van der Waals surface area (Å²) in [5.74, 6) is 0.738. The first-order valence-corrected chi connectivity index (χ1v) is 4.87. The molecule has 0 aliphatic carbocycles. The van der Waals surface area contributed by atoms with E-state index >= 15 is 0 Å². The molecule has 1 aromatic rings. The van der Waals surface area contributed by atoms with Gasteiger partial charge in [0.2, 0.25) is 0 Å². The first kappa shape index (κ1) is 12.0. The molecule has 0 atom stereocenters. The lowest BCUT2D eigenvalue weighted by molar-refractivity contribution is 0.314. The molecule has 1 aromatic carbocycles. The fourth-order valence-electron chi connectivity index (χ4n) is 1.26. The molecule has 1 rings (SSSR count). The van der Waals surface area contributed by atoms with Gasteiger partial charge in [-0.05, 0) is 38.1 Å². The largest absolute Gasteiger partial charge is 0.494 e. The number of hydrogen-bond donors (Lipinski definition) is 2. The maximum Gasteiger partial charge on any atom is 0.134 e. The molecule has 0 saturated heterocycles. The Bertz CT molecular complexity index is 396. The molecule has 86 valence electrons. The minimum atomic E-state index is 0.227. The van der Waals surface area contributed by atoms with Crippen molar-refractivity contribution in [2.75, 3.05) is 6.61 Å². The molecule has 0 unspecified atom stereocenters. The molecule has 2 N–H and O–H groups in total. The second-order valence-electron chi connectivity index (χ2n) is 3.09. The van der Waals surface area contributed by atoms with Crippen LogP contribution >= 0.6 is 0 Å². The Morgan fingerprint density at radius 2 is 1.81 bits per heavy atom. The van der Waals surface area contributed by atoms with Crippen LogP contribution < -0.4 is 4.74 Å². The fraction of sp³-hybridized carbons (Fsp3) is 0.273. The van der Waals surface area contributed by atoms with Gasteiger partial charge >= 0.3 is 0 Å². The van der Waals surface area contributed by atoms with Crippen LogP contribution in [0.5, 0.6) is 5.75 Å². The smallest absolute Gasteiger partial charge is 0.134 e. The van der Waals surface area contributed by atoms with Gasteiger partial charge in [0.05, 0.1) is 6.61 Å². The van der Waals surface area contributed by atoms with E-state index in [-0.39, 0.29) is 11.4 Å². The summed E-state index contributed by atoms with van der Waals surface area (Å²) in [7, 11) is 0. The molecule has 5 heteroatoms. The van der Waals surface area contributed by atoms with Gasteiger partial charge < -0.3 is 15.2 Å². The predicted octanol–water partition coefficient (Wildman–Crippen LogP) is 2.11. The van der Waals surface area contributed by atoms with Crippen molar-refractivity contribution in [1.29, 1.82) is 0 Å². The Morgan fingerprint density at radius 1 is 1.19 bits per heavy atom. The van der Waals surface area contributed by atoms with Crippen molar-refractivity contribution >= 4 is 11.4 Å². The van der Waals surface area contributed by atoms with E-state index in [9.17, 15) is 0 Å². The van der Waals surface area contributed by atoms with E-state index in [1.807, 2.05) is 6.92 Å². The lowest BCUT2D eigenvalue weighted by Crippen LogP contribution is -2.12. The van der Waals surface area contributed by atoms with Crippen molar-refractivity contribution in [3.05, 3.63) is 29.8 Å². The van der Waals surface area contributed by atoms with Crippen molar-refractivity contribution in [3.8, 4) is 5.75 Å². The summed E-state index contributed by atoms with van der Waals surface area (Å²) in [5, 5.41) is 23.5. The molecule has 0 amide bonds. The molecular formula is C11H14N2O3. The van der Waals surface area contributed by atoms with Crippen LogP contribution in [0.25, 0.3) is 0 Å². The zero-order valence-corrected chi connectivity index (χ0v) is 9.21. The average Bonchev–Trinajstić information content (AvgIpc) is 2.32. The van der Waals surface area contributed by atoms with Crippen molar-refractivity contribution < 1.29 is 15.2 Å². The molecule has 16 heavy (non-hydrogen) atoms. The monoisotopic (exact) mass is 222 g/mol. The van der Waals surface area contributed by atoms with Crippen LogP contribution in [0.1, 0.15) is 19.4 Å². The molecule has 0 saturated carbocycles. The summed E-state index contributed by atoms with van der Waals surface area (Å²) in [6, 6.07) is 6.98. The summed E-state index contributed by atoms with van der Waals surface area (Å²) in [6.45, 7) is 4.04. The Labute approximate surface area is 93.7 Å². The van der Waals surface area contributed by atoms with Gasteiger partial charge in [-0.15, -0.1) is 0 Å². The van der Waals surface area contributed by atoms with E-state index in [2.05, 4.69) is 10.3 Å². The third kappa shape index (κ3) is 2.73. The predicted molar refractivity (Wildman–Crippen MR) is 60.8 cm³/mol. The molecule has 0 aromatic heterocycles. The van der Waals surface area contributed by atoms with Gasteiger partial charge in [0.1, 0.15) is 17.2 Å². The van der Waals surface area contributed by atoms with Crippen molar-refractivity contribution in [2.45, 2.75) is 13.8 Å². The standard InChI is InChI=1S/C11H14N2O3/c1-3-16-10-6-4-9(5-7-10)11(13-15)8(2)12-14/h4-7,14-15H,3H2,1-2H3/b12-8-,13-11-. The van der Waals surface area contributed by atoms with Crippen LogP contribution in [0.4, 0.5) is 0 Å². The third-order valence-corrected chi connectivity index (χ3v) is 2.03. The molecule has 0 spiro atoms. The second-order valence-corrected chi connectivity index (χ2v) is 3.09. The van der Waals surface area contributed by atoms with E-state index < -0.39 is 0 Å². The lowest BCUT2D eigenvalue weighted by atomic mass is 10.1. The van der Waals surface area contributed by atoms with Gasteiger partial charge in [-0.2, -0.15) is 0 Å². The van der Waals surface area contributed by atoms with Crippen LogP contribution in [-0.4, -0.2) is 28.4 Å². The third-order valence-electron chi connectivity index (χ3n) is 2.03. The van der Waals surface area contributed by atoms with E-state index in [0.29, 0.717) is 12.2 Å². The van der Waals surface area contributed by atoms with E-state index in [4.69, 9.17) is 15.2 Å². The minimum Gasteiger partial charge on any atom is -0.494 e. The van der Waals surface area contributed by atoms with Gasteiger partial charge in [0, 0.05) is 5.56 Å². The minimum absolute atomic E-state index is 0.227. The van der Waals surface area contributed by atoms with Gasteiger partial charge in [0.25, 0.3) is 0 Å². The van der Waals surface area contributed by atoms with Crippen LogP contribution in [0, 0.1) is 0 Å². The SMILES string of the molecule is CCOc1ccc(C(=N\O)/C(C)=N\O)cc1. The summed E-state index contributed by atoms with van der Waals surface area (Å²) in [5.41, 5.74) is 1.12. The number of benzene rings is 1. The van der Waals surface area contributed by atoms with Crippen LogP contribution in [0.3, 0.4) is 0 Å². The molecule has 0 heterocycles. The van der Waals surface area contributed by atoms with Gasteiger partial charge in [-0.3, -0.25) is 0 Å². The number of hydrogen-bond acceptors (Lipinski definition) is 5. The summed E-state index contributed by atoms with van der Waals surface area (Å²) in [4.78, 5) is 0. The summed E-state index contributed by atoms with van der Waals surface area (Å²) < 4.78 is 5.28. The number of oxime groups is 2. The molecular weight excluding hydrogens is 208 g/mol. The molecule has 5 nitrogen and oxygen atoms in total. The molecule has 0 fully saturated rings. The lowest BCUT2D eigenvalue weighted by Gasteiger charge is -2.05. The highest BCUT2D eigenvalue weighted by molar-refractivity contribution is 6.47. The highest BCUT2D eigenvalue weighted by Gasteiger charge is 2.08. The van der Waals surface area contributed by atoms with E-state index in [1.165, 1.54) is 0 Å². The first-order valence-electron chi connectivity index (χ1n) is 4.87. The van der Waals surface area contributed by atoms with Gasteiger partial charge in [0.15, 0.2) is 0 Å². The highest BCUT2D eigenvalue weighted by atomic mass is 16.5.